The lowest BCUT2D eigenvalue weighted by Crippen LogP contribution is -2.35. The van der Waals surface area contributed by atoms with Gasteiger partial charge in [0.25, 0.3) is 10.0 Å². The largest absolute Gasteiger partial charge is 0.495 e. The second kappa shape index (κ2) is 6.88. The van der Waals surface area contributed by atoms with Crippen LogP contribution in [0.2, 0.25) is 0 Å². The van der Waals surface area contributed by atoms with Gasteiger partial charge in [-0.05, 0) is 23.6 Å². The maximum absolute atomic E-state index is 13.3. The van der Waals surface area contributed by atoms with Gasteiger partial charge in [-0.25, -0.2) is 12.7 Å². The van der Waals surface area contributed by atoms with Crippen LogP contribution in [0.5, 0.6) is 5.75 Å². The van der Waals surface area contributed by atoms with Crippen LogP contribution in [0, 0.1) is 0 Å². The van der Waals surface area contributed by atoms with Crippen LogP contribution < -0.4 is 4.74 Å². The molecule has 132 valence electrons. The summed E-state index contributed by atoms with van der Waals surface area (Å²) < 4.78 is 33.4. The highest BCUT2D eigenvalue weighted by Gasteiger charge is 2.33. The van der Waals surface area contributed by atoms with Crippen LogP contribution >= 0.6 is 0 Å². The fourth-order valence-corrected chi connectivity index (χ4v) is 4.50. The van der Waals surface area contributed by atoms with E-state index >= 15 is 0 Å². The molecule has 1 heterocycles. The summed E-state index contributed by atoms with van der Waals surface area (Å²) in [6.45, 7) is 4.85. The van der Waals surface area contributed by atoms with E-state index in [1.807, 2.05) is 50.2 Å². The molecule has 3 rings (SSSR count). The molecule has 0 bridgehead atoms. The predicted octanol–water partition coefficient (Wildman–Crippen LogP) is 3.27. The van der Waals surface area contributed by atoms with Crippen LogP contribution in [0.1, 0.15) is 30.9 Å². The Morgan fingerprint density at radius 3 is 2.48 bits per heavy atom. The number of ether oxygens (including phenoxy) is 1. The van der Waals surface area contributed by atoms with E-state index in [1.54, 1.807) is 12.1 Å². The Hall–Kier alpha value is -2.34. The van der Waals surface area contributed by atoms with Gasteiger partial charge in [-0.1, -0.05) is 50.2 Å². The first kappa shape index (κ1) is 17.5. The summed E-state index contributed by atoms with van der Waals surface area (Å²) in [7, 11) is -2.27. The van der Waals surface area contributed by atoms with Crippen LogP contribution in [0.25, 0.3) is 0 Å². The number of sulfonamides is 1. The van der Waals surface area contributed by atoms with E-state index in [4.69, 9.17) is 4.74 Å². The van der Waals surface area contributed by atoms with Gasteiger partial charge in [-0.2, -0.15) is 0 Å². The van der Waals surface area contributed by atoms with E-state index in [0.29, 0.717) is 24.7 Å². The Morgan fingerprint density at radius 1 is 1.12 bits per heavy atom. The molecule has 0 amide bonds. The highest BCUT2D eigenvalue weighted by atomic mass is 32.2. The third kappa shape index (κ3) is 3.26. The number of nitrogens with zero attached hydrogens (tertiary/aromatic N) is 2. The highest BCUT2D eigenvalue weighted by Crippen LogP contribution is 2.32. The summed E-state index contributed by atoms with van der Waals surface area (Å²) >= 11 is 0. The zero-order chi connectivity index (χ0) is 18.0. The smallest absolute Gasteiger partial charge is 0.269 e. The van der Waals surface area contributed by atoms with Crippen molar-refractivity contribution in [3.63, 3.8) is 0 Å². The summed E-state index contributed by atoms with van der Waals surface area (Å²) in [5.74, 6) is 1.06. The topological polar surface area (TPSA) is 59.0 Å². The standard InChI is InChI=1S/C19H22N2O3S/c1-14(2)16-9-10-17(24-3)18(13-16)25(22,23)21-12-11-20-19(21)15-7-5-4-6-8-15/h4-10,13-14H,11-12H2,1-3H3. The molecular weight excluding hydrogens is 336 g/mol. The molecule has 2 aromatic carbocycles. The molecule has 5 nitrogen and oxygen atoms in total. The van der Waals surface area contributed by atoms with Crippen molar-refractivity contribution in [3.8, 4) is 5.75 Å². The van der Waals surface area contributed by atoms with Gasteiger partial charge >= 0.3 is 0 Å². The second-order valence-corrected chi connectivity index (χ2v) is 8.04. The number of methoxy groups -OCH3 is 1. The van der Waals surface area contributed by atoms with Gasteiger partial charge < -0.3 is 4.74 Å². The summed E-state index contributed by atoms with van der Waals surface area (Å²) in [6.07, 6.45) is 0. The van der Waals surface area contributed by atoms with Crippen LogP contribution in [-0.2, 0) is 10.0 Å². The summed E-state index contributed by atoms with van der Waals surface area (Å²) in [5.41, 5.74) is 1.75. The Balaban J connectivity index is 2.08. The average Bonchev–Trinajstić information content (AvgIpc) is 3.12. The van der Waals surface area contributed by atoms with Crippen molar-refractivity contribution in [3.05, 3.63) is 59.7 Å². The third-order valence-corrected chi connectivity index (χ3v) is 6.07. The lowest BCUT2D eigenvalue weighted by molar-refractivity contribution is 0.400. The van der Waals surface area contributed by atoms with Crippen molar-refractivity contribution >= 4 is 15.9 Å². The van der Waals surface area contributed by atoms with Crippen molar-refractivity contribution in [2.45, 2.75) is 24.7 Å². The minimum Gasteiger partial charge on any atom is -0.495 e. The molecule has 1 aliphatic rings. The number of hydrogen-bond donors (Lipinski definition) is 0. The van der Waals surface area contributed by atoms with Crippen molar-refractivity contribution in [2.24, 2.45) is 4.99 Å². The van der Waals surface area contributed by atoms with Crippen LogP contribution in [0.15, 0.2) is 58.4 Å². The van der Waals surface area contributed by atoms with E-state index in [2.05, 4.69) is 4.99 Å². The van der Waals surface area contributed by atoms with Gasteiger partial charge in [0, 0.05) is 5.56 Å². The number of rotatable bonds is 5. The van der Waals surface area contributed by atoms with E-state index in [0.717, 1.165) is 11.1 Å². The molecule has 0 radical (unpaired) electrons. The summed E-state index contributed by atoms with van der Waals surface area (Å²) in [6, 6.07) is 14.7. The van der Waals surface area contributed by atoms with Crippen molar-refractivity contribution < 1.29 is 13.2 Å². The van der Waals surface area contributed by atoms with E-state index in [1.165, 1.54) is 11.4 Å². The maximum Gasteiger partial charge on any atom is 0.269 e. The molecule has 0 spiro atoms. The molecular formula is C19H22N2O3S. The van der Waals surface area contributed by atoms with Crippen LogP contribution in [0.4, 0.5) is 0 Å². The van der Waals surface area contributed by atoms with E-state index in [-0.39, 0.29) is 10.8 Å². The number of aliphatic imine (C=N–C) groups is 1. The normalized spacial score (nSPS) is 14.7. The summed E-state index contributed by atoms with van der Waals surface area (Å²) in [5, 5.41) is 0. The maximum atomic E-state index is 13.3. The molecule has 0 atom stereocenters. The van der Waals surface area contributed by atoms with Crippen LogP contribution in [-0.4, -0.2) is 38.8 Å². The number of hydrogen-bond acceptors (Lipinski definition) is 4. The number of benzene rings is 2. The average molecular weight is 358 g/mol. The molecule has 0 aliphatic carbocycles. The Morgan fingerprint density at radius 2 is 1.84 bits per heavy atom. The number of amidine groups is 1. The van der Waals surface area contributed by atoms with Crippen molar-refractivity contribution in [1.82, 2.24) is 4.31 Å². The van der Waals surface area contributed by atoms with Crippen LogP contribution in [0.3, 0.4) is 0 Å². The van der Waals surface area contributed by atoms with E-state index < -0.39 is 10.0 Å². The van der Waals surface area contributed by atoms with Gasteiger partial charge in [0.2, 0.25) is 0 Å². The lowest BCUT2D eigenvalue weighted by Gasteiger charge is -2.22. The van der Waals surface area contributed by atoms with Gasteiger partial charge in [0.15, 0.2) is 0 Å². The predicted molar refractivity (Wildman–Crippen MR) is 98.8 cm³/mol. The molecule has 6 heteroatoms. The van der Waals surface area contributed by atoms with Crippen molar-refractivity contribution in [1.29, 1.82) is 0 Å². The third-order valence-electron chi connectivity index (χ3n) is 4.26. The molecule has 0 fully saturated rings. The van der Waals surface area contributed by atoms with Gasteiger partial charge in [-0.3, -0.25) is 4.99 Å². The lowest BCUT2D eigenvalue weighted by atomic mass is 10.0. The van der Waals surface area contributed by atoms with E-state index in [9.17, 15) is 8.42 Å². The Kier molecular flexibility index (Phi) is 4.81. The first-order valence-electron chi connectivity index (χ1n) is 8.25. The first-order valence-corrected chi connectivity index (χ1v) is 9.69. The molecule has 0 saturated carbocycles. The van der Waals surface area contributed by atoms with Gasteiger partial charge in [0.1, 0.15) is 16.5 Å². The van der Waals surface area contributed by atoms with Crippen molar-refractivity contribution in [2.75, 3.05) is 20.2 Å². The molecule has 0 saturated heterocycles. The minimum absolute atomic E-state index is 0.187. The summed E-state index contributed by atoms with van der Waals surface area (Å²) in [4.78, 5) is 4.60. The first-order chi connectivity index (χ1) is 11.9. The molecule has 0 N–H and O–H groups in total. The van der Waals surface area contributed by atoms with Gasteiger partial charge in [-0.15, -0.1) is 0 Å². The molecule has 25 heavy (non-hydrogen) atoms. The minimum atomic E-state index is -3.76. The Labute approximate surface area is 149 Å². The highest BCUT2D eigenvalue weighted by molar-refractivity contribution is 7.89. The molecule has 2 aromatic rings. The quantitative estimate of drug-likeness (QED) is 0.824. The fourth-order valence-electron chi connectivity index (χ4n) is 2.86. The Bertz CT molecular complexity index is 890. The fraction of sp³-hybridized carbons (Fsp3) is 0.316. The zero-order valence-corrected chi connectivity index (χ0v) is 15.5. The monoisotopic (exact) mass is 358 g/mol. The SMILES string of the molecule is COc1ccc(C(C)C)cc1S(=O)(=O)N1CCN=C1c1ccccc1. The molecule has 0 unspecified atom stereocenters. The molecule has 1 aliphatic heterocycles. The second-order valence-electron chi connectivity index (χ2n) is 6.21. The zero-order valence-electron chi connectivity index (χ0n) is 14.6. The molecule has 0 aromatic heterocycles. The van der Waals surface area contributed by atoms with Gasteiger partial charge in [0.05, 0.1) is 20.2 Å².